The van der Waals surface area contributed by atoms with E-state index in [1.54, 1.807) is 18.3 Å². The Morgan fingerprint density at radius 2 is 1.98 bits per heavy atom. The molecule has 3 aromatic rings. The number of nitrogens with zero attached hydrogens (tertiary/aromatic N) is 5. The van der Waals surface area contributed by atoms with Gasteiger partial charge in [0.25, 0.3) is 5.91 Å². The zero-order valence-electron chi connectivity index (χ0n) is 23.0. The number of hydrogen-bond acceptors (Lipinski definition) is 8. The Balaban J connectivity index is 1.27. The summed E-state index contributed by atoms with van der Waals surface area (Å²) in [6.45, 7) is 5.22. The van der Waals surface area contributed by atoms with Gasteiger partial charge in [-0.15, -0.1) is 17.7 Å². The molecule has 9 nitrogen and oxygen atoms in total. The van der Waals surface area contributed by atoms with Gasteiger partial charge in [0, 0.05) is 30.9 Å². The van der Waals surface area contributed by atoms with Crippen LogP contribution in [0.4, 0.5) is 24.8 Å². The van der Waals surface area contributed by atoms with Crippen molar-refractivity contribution in [3.63, 3.8) is 0 Å². The molecule has 4 heterocycles. The van der Waals surface area contributed by atoms with Gasteiger partial charge in [0.1, 0.15) is 23.7 Å². The minimum absolute atomic E-state index is 0.0565. The van der Waals surface area contributed by atoms with Gasteiger partial charge in [-0.2, -0.15) is 13.2 Å². The molecule has 0 bridgehead atoms. The number of hydrogen-bond donors (Lipinski definition) is 3. The maximum atomic E-state index is 13.3. The fraction of sp³-hybridized carbons (Fsp3) is 0.500. The normalized spacial score (nSPS) is 19.3. The average molecular weight is 590 g/mol. The molecule has 5 rings (SSSR count). The number of halogens is 3. The first-order valence-corrected chi connectivity index (χ1v) is 14.1. The molecule has 41 heavy (non-hydrogen) atoms. The monoisotopic (exact) mass is 589 g/mol. The first-order chi connectivity index (χ1) is 19.4. The molecule has 1 saturated heterocycles. The van der Waals surface area contributed by atoms with Crippen LogP contribution in [0.1, 0.15) is 56.3 Å². The van der Waals surface area contributed by atoms with Gasteiger partial charge < -0.3 is 20.7 Å². The van der Waals surface area contributed by atoms with Gasteiger partial charge in [0.15, 0.2) is 5.82 Å². The van der Waals surface area contributed by atoms with E-state index in [1.807, 2.05) is 18.2 Å². The number of ether oxygens (including phenoxy) is 1. The van der Waals surface area contributed by atoms with Crippen LogP contribution >= 0.6 is 12.6 Å². The molecule has 3 aromatic heterocycles. The molecule has 3 N–H and O–H groups in total. The Bertz CT molecular complexity index is 1410. The Kier molecular flexibility index (Phi) is 7.84. The van der Waals surface area contributed by atoms with Crippen LogP contribution in [0.25, 0.3) is 5.82 Å². The van der Waals surface area contributed by atoms with Crippen LogP contribution in [0.15, 0.2) is 47.6 Å². The lowest BCUT2D eigenvalue weighted by Gasteiger charge is -2.33. The number of primary amides is 1. The van der Waals surface area contributed by atoms with Crippen LogP contribution in [-0.4, -0.2) is 57.1 Å². The number of pyridine rings is 2. The van der Waals surface area contributed by atoms with E-state index in [0.717, 1.165) is 31.6 Å². The van der Waals surface area contributed by atoms with Gasteiger partial charge in [0.2, 0.25) is 5.88 Å². The van der Waals surface area contributed by atoms with Gasteiger partial charge in [-0.25, -0.2) is 14.6 Å². The molecular weight excluding hydrogens is 555 g/mol. The quantitative estimate of drug-likeness (QED) is 0.207. The third-order valence-corrected chi connectivity index (χ3v) is 8.17. The minimum atomic E-state index is -4.30. The maximum Gasteiger partial charge on any atom is 0.397 e. The van der Waals surface area contributed by atoms with Gasteiger partial charge in [-0.1, -0.05) is 6.07 Å². The van der Waals surface area contributed by atoms with Crippen molar-refractivity contribution in [2.75, 3.05) is 29.9 Å². The molecule has 220 valence electrons. The number of carbonyl (C=O) groups excluding carboxylic acids is 1. The molecule has 1 atom stereocenters. The van der Waals surface area contributed by atoms with Crippen molar-refractivity contribution in [1.82, 2.24) is 19.7 Å². The van der Waals surface area contributed by atoms with E-state index in [-0.39, 0.29) is 24.3 Å². The summed E-state index contributed by atoms with van der Waals surface area (Å²) in [5, 5.41) is 8.27. The number of aromatic nitrogens is 4. The number of alkyl halides is 3. The summed E-state index contributed by atoms with van der Waals surface area (Å²) in [4.78, 5) is 23.6. The van der Waals surface area contributed by atoms with Crippen molar-refractivity contribution in [1.29, 1.82) is 0 Å². The Morgan fingerprint density at radius 3 is 2.66 bits per heavy atom. The molecule has 2 fully saturated rings. The van der Waals surface area contributed by atoms with E-state index in [4.69, 9.17) is 15.5 Å². The molecular formula is C28H34F3N7O2S. The highest BCUT2D eigenvalue weighted by molar-refractivity contribution is 7.80. The molecule has 0 spiro atoms. The summed E-state index contributed by atoms with van der Waals surface area (Å²) in [6, 6.07) is 10.4. The van der Waals surface area contributed by atoms with Crippen LogP contribution in [0.5, 0.6) is 5.88 Å². The largest absolute Gasteiger partial charge is 0.476 e. The lowest BCUT2D eigenvalue weighted by Crippen LogP contribution is -2.40. The average Bonchev–Trinajstić information content (AvgIpc) is 3.46. The molecule has 1 aliphatic heterocycles. The topological polar surface area (TPSA) is 111 Å². The predicted molar refractivity (Wildman–Crippen MR) is 152 cm³/mol. The van der Waals surface area contributed by atoms with Crippen LogP contribution in [0.2, 0.25) is 0 Å². The second-order valence-electron chi connectivity index (χ2n) is 11.5. The van der Waals surface area contributed by atoms with Gasteiger partial charge in [-0.3, -0.25) is 4.79 Å². The van der Waals surface area contributed by atoms with Crippen molar-refractivity contribution in [3.8, 4) is 11.7 Å². The fourth-order valence-corrected chi connectivity index (χ4v) is 5.62. The summed E-state index contributed by atoms with van der Waals surface area (Å²) in [6.07, 6.45) is 0.197. The van der Waals surface area contributed by atoms with E-state index in [9.17, 15) is 18.0 Å². The Labute approximate surface area is 242 Å². The van der Waals surface area contributed by atoms with Crippen molar-refractivity contribution in [2.45, 2.75) is 62.7 Å². The van der Waals surface area contributed by atoms with Gasteiger partial charge in [-0.05, 0) is 76.1 Å². The van der Waals surface area contributed by atoms with E-state index >= 15 is 0 Å². The third-order valence-electron chi connectivity index (χ3n) is 7.92. The highest BCUT2D eigenvalue weighted by Crippen LogP contribution is 2.57. The number of thiol groups is 1. The first kappa shape index (κ1) is 29.0. The lowest BCUT2D eigenvalue weighted by molar-refractivity contribution is -0.194. The van der Waals surface area contributed by atoms with Gasteiger partial charge >= 0.3 is 6.18 Å². The van der Waals surface area contributed by atoms with Gasteiger partial charge in [0.05, 0.1) is 10.6 Å². The molecule has 1 saturated carbocycles. The molecule has 1 aliphatic carbocycles. The standard InChI is InChI=1S/C28H34F3N7O2S/c1-26(2)15-18(5-4-13-33-20-6-3-7-23(41)34-20)16-37(26)25-19(24(32)39)8-9-21(35-25)38-14-10-22(36-38)40-17-27(11-12-27)28(29,30)31/h3,6-10,14,18H,4-5,11-13,15-17H2,1-2H3,(H2,32,39)(H2,33,34,41). The summed E-state index contributed by atoms with van der Waals surface area (Å²) < 4.78 is 46.6. The first-order valence-electron chi connectivity index (χ1n) is 13.6. The Hall–Kier alpha value is -3.48. The second-order valence-corrected chi connectivity index (χ2v) is 12.0. The fourth-order valence-electron chi connectivity index (χ4n) is 5.43. The smallest absolute Gasteiger partial charge is 0.397 e. The molecule has 13 heteroatoms. The number of nitrogens with two attached hydrogens (primary N) is 1. The molecule has 0 aromatic carbocycles. The second kappa shape index (κ2) is 11.1. The van der Waals surface area contributed by atoms with E-state index in [1.165, 1.54) is 10.7 Å². The summed E-state index contributed by atoms with van der Waals surface area (Å²) in [5.41, 5.74) is 3.95. The number of carbonyl (C=O) groups is 1. The van der Waals surface area contributed by atoms with E-state index in [0.29, 0.717) is 34.7 Å². The minimum Gasteiger partial charge on any atom is -0.476 e. The third kappa shape index (κ3) is 6.39. The molecule has 0 radical (unpaired) electrons. The highest BCUT2D eigenvalue weighted by atomic mass is 32.1. The van der Waals surface area contributed by atoms with Crippen LogP contribution in [0.3, 0.4) is 0 Å². The Morgan fingerprint density at radius 1 is 1.20 bits per heavy atom. The van der Waals surface area contributed by atoms with E-state index in [2.05, 4.69) is 46.8 Å². The summed E-state index contributed by atoms with van der Waals surface area (Å²) >= 11 is 4.27. The van der Waals surface area contributed by atoms with Crippen molar-refractivity contribution < 1.29 is 22.7 Å². The van der Waals surface area contributed by atoms with Crippen LogP contribution < -0.4 is 20.7 Å². The molecule has 1 amide bonds. The zero-order valence-corrected chi connectivity index (χ0v) is 23.9. The summed E-state index contributed by atoms with van der Waals surface area (Å²) in [7, 11) is 0. The van der Waals surface area contributed by atoms with Crippen molar-refractivity contribution in [3.05, 3.63) is 48.2 Å². The predicted octanol–water partition coefficient (Wildman–Crippen LogP) is 5.27. The molecule has 1 unspecified atom stereocenters. The van der Waals surface area contributed by atoms with Crippen molar-refractivity contribution in [2.24, 2.45) is 17.1 Å². The SMILES string of the molecule is CC1(C)CC(CCCNc2cccc(S)n2)CN1c1nc(-n2ccc(OCC3(C(F)(F)F)CC3)n2)ccc1C(N)=O. The number of anilines is 2. The zero-order chi connectivity index (χ0) is 29.4. The summed E-state index contributed by atoms with van der Waals surface area (Å²) in [5.74, 6) is 1.51. The van der Waals surface area contributed by atoms with Crippen LogP contribution in [-0.2, 0) is 0 Å². The number of amides is 1. The van der Waals surface area contributed by atoms with Crippen LogP contribution in [0, 0.1) is 11.3 Å². The highest BCUT2D eigenvalue weighted by Gasteiger charge is 2.64. The lowest BCUT2D eigenvalue weighted by atomic mass is 9.93. The number of nitrogens with one attached hydrogen (secondary N) is 1. The maximum absolute atomic E-state index is 13.3. The van der Waals surface area contributed by atoms with E-state index < -0.39 is 24.1 Å². The van der Waals surface area contributed by atoms with Crippen molar-refractivity contribution >= 4 is 30.2 Å². The number of rotatable bonds is 11. The molecule has 2 aliphatic rings.